The van der Waals surface area contributed by atoms with Crippen molar-refractivity contribution in [2.75, 3.05) is 25.1 Å². The van der Waals surface area contributed by atoms with Crippen LogP contribution in [0.5, 0.6) is 5.75 Å². The van der Waals surface area contributed by atoms with E-state index in [0.29, 0.717) is 23.8 Å². The highest BCUT2D eigenvalue weighted by Gasteiger charge is 2.65. The van der Waals surface area contributed by atoms with Crippen molar-refractivity contribution in [3.63, 3.8) is 0 Å². The fourth-order valence-electron chi connectivity index (χ4n) is 10.8. The molecule has 4 aromatic carbocycles. The van der Waals surface area contributed by atoms with Crippen LogP contribution in [0.15, 0.2) is 156 Å². The smallest absolute Gasteiger partial charge is 0.484 e. The third-order valence-electron chi connectivity index (χ3n) is 14.7. The Bertz CT molecular complexity index is 3130. The van der Waals surface area contributed by atoms with Gasteiger partial charge in [0.15, 0.2) is 0 Å². The fraction of sp³-hybridized carbons (Fsp3) is 0.349. The van der Waals surface area contributed by atoms with E-state index in [0.717, 1.165) is 95.7 Å². The lowest BCUT2D eigenvalue weighted by Gasteiger charge is -2.43. The molecule has 0 saturated heterocycles. The Balaban J connectivity index is 1.15. The van der Waals surface area contributed by atoms with Gasteiger partial charge in [-0.1, -0.05) is 182 Å². The normalized spacial score (nSPS) is 16.1. The lowest BCUT2D eigenvalue weighted by molar-refractivity contribution is -0.249. The summed E-state index contributed by atoms with van der Waals surface area (Å²) in [5.41, 5.74) is -1.74. The van der Waals surface area contributed by atoms with Gasteiger partial charge in [0, 0.05) is 45.7 Å². The molecule has 1 unspecified atom stereocenters. The van der Waals surface area contributed by atoms with Crippen LogP contribution in [0.1, 0.15) is 115 Å². The van der Waals surface area contributed by atoms with Crippen LogP contribution in [0.3, 0.4) is 0 Å². The molecule has 8 rings (SSSR count). The Kier molecular flexibility index (Phi) is 17.3. The van der Waals surface area contributed by atoms with Crippen molar-refractivity contribution in [3.8, 4) is 25.9 Å². The van der Waals surface area contributed by atoms with Crippen molar-refractivity contribution < 1.29 is 27.1 Å². The molecular formula is C63H65F3N4O3S2Si. The number of nitrogens with zero attached hydrogens (tertiary/aromatic N) is 4. The molecule has 2 aliphatic rings. The van der Waals surface area contributed by atoms with Crippen LogP contribution < -0.4 is 20.0 Å². The van der Waals surface area contributed by atoms with E-state index in [9.17, 15) is 0 Å². The molecule has 392 valence electrons. The number of hydrogen-bond acceptors (Lipinski definition) is 6. The molecule has 1 atom stereocenters. The Labute approximate surface area is 456 Å². The molecule has 0 spiro atoms. The maximum atomic E-state index is 15.7. The van der Waals surface area contributed by atoms with E-state index in [1.807, 2.05) is 6.07 Å². The van der Waals surface area contributed by atoms with Gasteiger partial charge in [-0.05, 0) is 77.0 Å². The van der Waals surface area contributed by atoms with Gasteiger partial charge < -0.3 is 18.8 Å². The molecule has 76 heavy (non-hydrogen) atoms. The Hall–Kier alpha value is -6.66. The average molecular weight is 1080 g/mol. The van der Waals surface area contributed by atoms with E-state index in [1.165, 1.54) is 52.1 Å². The third kappa shape index (κ3) is 10.8. The third-order valence-corrected chi connectivity index (χ3v) is 22.2. The molecule has 0 amide bonds. The first-order valence-corrected chi connectivity index (χ1v) is 29.8. The number of alkyl halides is 3. The summed E-state index contributed by atoms with van der Waals surface area (Å²) < 4.78 is 67.4. The molecular weight excluding hydrogens is 1010 g/mol. The monoisotopic (exact) mass is 1070 g/mol. The number of benzene rings is 4. The summed E-state index contributed by atoms with van der Waals surface area (Å²) in [5.74, 6) is -0.737. The molecule has 4 heterocycles. The number of thiophene rings is 2. The van der Waals surface area contributed by atoms with Gasteiger partial charge in [-0.2, -0.15) is 22.9 Å². The minimum absolute atomic E-state index is 0.128. The first-order valence-electron chi connectivity index (χ1n) is 26.3. The van der Waals surface area contributed by atoms with Crippen molar-refractivity contribution in [2.45, 2.75) is 121 Å². The van der Waals surface area contributed by atoms with Gasteiger partial charge in [0.05, 0.1) is 22.9 Å². The topological polar surface area (TPSA) is 44.0 Å². The van der Waals surface area contributed by atoms with Gasteiger partial charge >= 0.3 is 12.0 Å². The van der Waals surface area contributed by atoms with E-state index < -0.39 is 48.5 Å². The number of rotatable bonds is 21. The number of unbranched alkanes of at least 4 members (excludes halogenated alkanes) is 6. The van der Waals surface area contributed by atoms with Crippen molar-refractivity contribution in [2.24, 2.45) is 0 Å². The maximum absolute atomic E-state index is 15.7. The van der Waals surface area contributed by atoms with E-state index in [-0.39, 0.29) is 10.6 Å². The lowest BCUT2D eigenvalue weighted by atomic mass is 9.81. The quantitative estimate of drug-likeness (QED) is 0.0409. The number of anilines is 1. The summed E-state index contributed by atoms with van der Waals surface area (Å²) in [6.45, 7) is 35.8. The molecule has 7 nitrogen and oxygen atoms in total. The standard InChI is InChI=1S/C63H65F3N4O3S2Si/c1-10-12-14-25-39-61(40-26-15-13-11-2)52-44-54(45-33-35-47(36-34-45)70(9)41-42-71-76(60(3,4)5,49-29-21-17-22-30-49)50-31-23-18-24-32-50)75-57(52)58-53(72-61)43-48(74-58)37-38-51-55(67-6)56(59(68-7)69-8)73-62(51,63(64,65)66)46-27-19-16-20-28-46/h16-24,27-38,43-44H,10-15,25-26,39-42H2,1-5,9H3/b38-37+. The van der Waals surface area contributed by atoms with E-state index in [1.54, 1.807) is 23.5 Å². The summed E-state index contributed by atoms with van der Waals surface area (Å²) in [6.07, 6.45) is 7.99. The van der Waals surface area contributed by atoms with Gasteiger partial charge in [0.1, 0.15) is 24.5 Å². The number of likely N-dealkylation sites (N-methyl/N-ethyl adjacent to an activating group) is 1. The summed E-state index contributed by atoms with van der Waals surface area (Å²) in [6, 6.07) is 41.4. The predicted octanol–water partition coefficient (Wildman–Crippen LogP) is 17.4. The van der Waals surface area contributed by atoms with Crippen molar-refractivity contribution >= 4 is 53.1 Å². The van der Waals surface area contributed by atoms with Gasteiger partial charge in [0.2, 0.25) is 17.1 Å². The molecule has 0 aliphatic carbocycles. The summed E-state index contributed by atoms with van der Waals surface area (Å²) in [4.78, 5) is 15.8. The zero-order valence-corrected chi connectivity index (χ0v) is 46.9. The van der Waals surface area contributed by atoms with E-state index >= 15 is 13.2 Å². The first-order chi connectivity index (χ1) is 36.6. The lowest BCUT2D eigenvalue weighted by Crippen LogP contribution is -2.67. The summed E-state index contributed by atoms with van der Waals surface area (Å²) in [7, 11) is -0.595. The predicted molar refractivity (Wildman–Crippen MR) is 308 cm³/mol. The molecule has 13 heteroatoms. The van der Waals surface area contributed by atoms with Crippen LogP contribution in [0.4, 0.5) is 18.9 Å². The number of ether oxygens (including phenoxy) is 2. The highest BCUT2D eigenvalue weighted by Crippen LogP contribution is 2.59. The van der Waals surface area contributed by atoms with Crippen LogP contribution in [0.25, 0.3) is 40.8 Å². The number of hydrogen-bond donors (Lipinski definition) is 0. The van der Waals surface area contributed by atoms with E-state index in [2.05, 4.69) is 152 Å². The molecule has 0 radical (unpaired) electrons. The van der Waals surface area contributed by atoms with E-state index in [4.69, 9.17) is 33.6 Å². The SMILES string of the molecule is [C-]#[N+]C([N+]#[C-])=C1OC(c2ccccc2)(C(F)(F)F)C(/C=C/c2cc3c(s2)-c2sc(-c4ccc(N(C)CCO[Si](c5ccccc5)(c5ccccc5)C(C)(C)C)cc4)cc2C(CCCCCC)(CCCCCC)O3)=C1[N+]#[C-]. The molecule has 6 aromatic rings. The Morgan fingerprint density at radius 2 is 1.29 bits per heavy atom. The second-order valence-corrected chi connectivity index (χ2v) is 27.1. The number of halogens is 3. The van der Waals surface area contributed by atoms with Crippen LogP contribution in [0, 0.1) is 19.7 Å². The minimum Gasteiger partial charge on any atom is -0.484 e. The average Bonchev–Trinajstić information content (AvgIpc) is 4.34. The van der Waals surface area contributed by atoms with Crippen LogP contribution in [-0.4, -0.2) is 34.7 Å². The molecule has 0 saturated carbocycles. The van der Waals surface area contributed by atoms with Crippen molar-refractivity contribution in [1.29, 1.82) is 0 Å². The Morgan fingerprint density at radius 3 is 1.82 bits per heavy atom. The molecule has 0 N–H and O–H groups in total. The zero-order valence-electron chi connectivity index (χ0n) is 44.2. The maximum Gasteiger partial charge on any atom is 0.550 e. The molecule has 0 fully saturated rings. The van der Waals surface area contributed by atoms with Gasteiger partial charge in [-0.15, -0.1) is 22.7 Å². The highest BCUT2D eigenvalue weighted by atomic mass is 32.1. The minimum atomic E-state index is -5.08. The second kappa shape index (κ2) is 23.7. The number of fused-ring (bicyclic) bond motifs is 3. The summed E-state index contributed by atoms with van der Waals surface area (Å²) in [5, 5.41) is 2.38. The van der Waals surface area contributed by atoms with Crippen molar-refractivity contribution in [1.82, 2.24) is 0 Å². The van der Waals surface area contributed by atoms with Crippen molar-refractivity contribution in [3.05, 3.63) is 207 Å². The fourth-order valence-corrected chi connectivity index (χ4v) is 17.8. The largest absolute Gasteiger partial charge is 0.550 e. The van der Waals surface area contributed by atoms with Crippen LogP contribution in [-0.2, 0) is 20.4 Å². The summed E-state index contributed by atoms with van der Waals surface area (Å²) >= 11 is 3.15. The molecule has 2 aliphatic heterocycles. The zero-order chi connectivity index (χ0) is 54.1. The Morgan fingerprint density at radius 1 is 0.711 bits per heavy atom. The molecule has 2 aromatic heterocycles. The van der Waals surface area contributed by atoms with Gasteiger partial charge in [-0.25, -0.2) is 4.85 Å². The van der Waals surface area contributed by atoms with Gasteiger partial charge in [-0.3, -0.25) is 0 Å². The molecule has 0 bridgehead atoms. The highest BCUT2D eigenvalue weighted by molar-refractivity contribution is 7.24. The van der Waals surface area contributed by atoms with Gasteiger partial charge in [0.25, 0.3) is 8.32 Å². The second-order valence-electron chi connectivity index (χ2n) is 20.6. The first kappa shape index (κ1) is 55.6. The van der Waals surface area contributed by atoms with Crippen LogP contribution >= 0.6 is 22.7 Å². The van der Waals surface area contributed by atoms with Crippen LogP contribution in [0.2, 0.25) is 5.04 Å².